The number of carbonyl (C=O) groups excluding carboxylic acids is 1. The number of hydrogen-bond donors (Lipinski definition) is 2. The van der Waals surface area contributed by atoms with Gasteiger partial charge in [0.05, 0.1) is 10.6 Å². The molecule has 1 saturated carbocycles. The number of thiophene rings is 1. The van der Waals surface area contributed by atoms with Crippen molar-refractivity contribution in [3.8, 4) is 11.1 Å². The Morgan fingerprint density at radius 2 is 1.91 bits per heavy atom. The lowest BCUT2D eigenvalue weighted by Crippen LogP contribution is -2.33. The van der Waals surface area contributed by atoms with Crippen molar-refractivity contribution in [1.29, 1.82) is 0 Å². The molecule has 1 aromatic heterocycles. The van der Waals surface area contributed by atoms with E-state index in [2.05, 4.69) is 36.5 Å². The Balaban J connectivity index is 1.94. The first-order valence-electron chi connectivity index (χ1n) is 8.39. The molecule has 0 aliphatic heterocycles. The van der Waals surface area contributed by atoms with Crippen molar-refractivity contribution in [2.75, 3.05) is 5.73 Å². The zero-order valence-corrected chi connectivity index (χ0v) is 14.6. The van der Waals surface area contributed by atoms with E-state index in [0.29, 0.717) is 16.6 Å². The van der Waals surface area contributed by atoms with Gasteiger partial charge in [-0.1, -0.05) is 44.0 Å². The minimum absolute atomic E-state index is 0.0201. The van der Waals surface area contributed by atoms with Gasteiger partial charge in [-0.2, -0.15) is 0 Å². The van der Waals surface area contributed by atoms with Gasteiger partial charge in [-0.05, 0) is 37.3 Å². The highest BCUT2D eigenvalue weighted by molar-refractivity contribution is 7.16. The number of carbonyl (C=O) groups is 1. The highest BCUT2D eigenvalue weighted by Gasteiger charge is 2.24. The molecule has 0 radical (unpaired) electrons. The summed E-state index contributed by atoms with van der Waals surface area (Å²) in [7, 11) is 0. The van der Waals surface area contributed by atoms with Crippen molar-refractivity contribution in [3.05, 3.63) is 40.3 Å². The van der Waals surface area contributed by atoms with Crippen LogP contribution < -0.4 is 11.1 Å². The molecule has 1 aliphatic carbocycles. The second-order valence-electron chi connectivity index (χ2n) is 6.28. The van der Waals surface area contributed by atoms with E-state index in [-0.39, 0.29) is 5.91 Å². The third-order valence-corrected chi connectivity index (χ3v) is 5.61. The number of amides is 1. The van der Waals surface area contributed by atoms with Gasteiger partial charge in [-0.3, -0.25) is 4.79 Å². The third kappa shape index (κ3) is 3.27. The second-order valence-corrected chi connectivity index (χ2v) is 7.53. The van der Waals surface area contributed by atoms with Crippen molar-refractivity contribution >= 4 is 22.2 Å². The van der Waals surface area contributed by atoms with E-state index in [1.807, 2.05) is 6.92 Å². The molecule has 1 aliphatic rings. The second kappa shape index (κ2) is 6.75. The Kier molecular flexibility index (Phi) is 4.71. The quantitative estimate of drug-likeness (QED) is 0.865. The van der Waals surface area contributed by atoms with Crippen LogP contribution in [0.1, 0.15) is 53.4 Å². The fourth-order valence-electron chi connectivity index (χ4n) is 3.37. The van der Waals surface area contributed by atoms with E-state index >= 15 is 0 Å². The number of aryl methyl sites for hydroxylation is 2. The molecule has 1 fully saturated rings. The van der Waals surface area contributed by atoms with Crippen LogP contribution >= 0.6 is 11.3 Å². The summed E-state index contributed by atoms with van der Waals surface area (Å²) in [5, 5.41) is 3.79. The highest BCUT2D eigenvalue weighted by Crippen LogP contribution is 2.38. The molecule has 3 N–H and O–H groups in total. The van der Waals surface area contributed by atoms with Crippen molar-refractivity contribution in [2.45, 2.75) is 52.0 Å². The molecule has 23 heavy (non-hydrogen) atoms. The van der Waals surface area contributed by atoms with Gasteiger partial charge in [0.2, 0.25) is 0 Å². The summed E-state index contributed by atoms with van der Waals surface area (Å²) in [6.45, 7) is 4.18. The number of rotatable bonds is 4. The molecule has 4 heteroatoms. The molecule has 122 valence electrons. The van der Waals surface area contributed by atoms with Gasteiger partial charge >= 0.3 is 0 Å². The number of hydrogen-bond acceptors (Lipinski definition) is 3. The Morgan fingerprint density at radius 1 is 1.26 bits per heavy atom. The molecule has 0 atom stereocenters. The van der Waals surface area contributed by atoms with E-state index in [9.17, 15) is 4.79 Å². The molecule has 0 unspecified atom stereocenters. The third-order valence-electron chi connectivity index (χ3n) is 4.68. The Labute approximate surface area is 141 Å². The summed E-state index contributed by atoms with van der Waals surface area (Å²) in [5.41, 5.74) is 10.2. The molecule has 3 rings (SSSR count). The van der Waals surface area contributed by atoms with Gasteiger partial charge in [0.25, 0.3) is 5.91 Å². The van der Waals surface area contributed by atoms with Gasteiger partial charge in [0.15, 0.2) is 0 Å². The maximum Gasteiger partial charge on any atom is 0.255 e. The van der Waals surface area contributed by atoms with E-state index in [1.54, 1.807) is 0 Å². The molecular weight excluding hydrogens is 304 g/mol. The van der Waals surface area contributed by atoms with Crippen LogP contribution in [0.2, 0.25) is 0 Å². The average molecular weight is 328 g/mol. The van der Waals surface area contributed by atoms with Crippen molar-refractivity contribution < 1.29 is 4.79 Å². The fraction of sp³-hybridized carbons (Fsp3) is 0.421. The number of anilines is 1. The molecule has 1 amide bonds. The highest BCUT2D eigenvalue weighted by atomic mass is 32.1. The van der Waals surface area contributed by atoms with Gasteiger partial charge in [0.1, 0.15) is 0 Å². The smallest absolute Gasteiger partial charge is 0.255 e. The van der Waals surface area contributed by atoms with Crippen LogP contribution in [0, 0.1) is 6.92 Å². The van der Waals surface area contributed by atoms with Crippen LogP contribution in [0.5, 0.6) is 0 Å². The zero-order chi connectivity index (χ0) is 16.4. The van der Waals surface area contributed by atoms with Crippen LogP contribution in [0.4, 0.5) is 5.00 Å². The molecule has 0 saturated heterocycles. The van der Waals surface area contributed by atoms with Gasteiger partial charge in [-0.15, -0.1) is 11.3 Å². The predicted octanol–water partition coefficient (Wildman–Crippen LogP) is 4.54. The minimum atomic E-state index is -0.0201. The van der Waals surface area contributed by atoms with Crippen molar-refractivity contribution in [2.24, 2.45) is 0 Å². The first-order chi connectivity index (χ1) is 11.1. The van der Waals surface area contributed by atoms with Gasteiger partial charge in [-0.25, -0.2) is 0 Å². The summed E-state index contributed by atoms with van der Waals surface area (Å²) in [6, 6.07) is 8.75. The normalized spacial score (nSPS) is 15.0. The minimum Gasteiger partial charge on any atom is -0.390 e. The molecule has 0 bridgehead atoms. The summed E-state index contributed by atoms with van der Waals surface area (Å²) in [5.74, 6) is -0.0201. The van der Waals surface area contributed by atoms with Crippen molar-refractivity contribution in [3.63, 3.8) is 0 Å². The Morgan fingerprint density at radius 3 is 2.52 bits per heavy atom. The van der Waals surface area contributed by atoms with Gasteiger partial charge < -0.3 is 11.1 Å². The first kappa shape index (κ1) is 16.1. The number of nitrogens with two attached hydrogens (primary N) is 1. The summed E-state index contributed by atoms with van der Waals surface area (Å²) in [6.07, 6.45) is 5.58. The number of nitrogen functional groups attached to an aromatic ring is 1. The lowest BCUT2D eigenvalue weighted by atomic mass is 9.99. The Bertz CT molecular complexity index is 697. The van der Waals surface area contributed by atoms with Crippen LogP contribution in [-0.4, -0.2) is 11.9 Å². The maximum atomic E-state index is 12.8. The van der Waals surface area contributed by atoms with E-state index < -0.39 is 0 Å². The maximum absolute atomic E-state index is 12.8. The predicted molar refractivity (Wildman–Crippen MR) is 98.0 cm³/mol. The van der Waals surface area contributed by atoms with Gasteiger partial charge in [0, 0.05) is 16.5 Å². The molecule has 2 aromatic rings. The van der Waals surface area contributed by atoms with E-state index in [0.717, 1.165) is 35.3 Å². The SMILES string of the molecule is CCc1ccc(-c2c(C)sc(N)c2C(=O)NC2CCCC2)cc1. The van der Waals surface area contributed by atoms with Crippen LogP contribution in [0.25, 0.3) is 11.1 Å². The first-order valence-corrected chi connectivity index (χ1v) is 9.20. The van der Waals surface area contributed by atoms with Crippen LogP contribution in [0.3, 0.4) is 0 Å². The molecule has 1 aromatic carbocycles. The standard InChI is InChI=1S/C19H24N2OS/c1-3-13-8-10-14(11-9-13)16-12(2)23-18(20)17(16)19(22)21-15-6-4-5-7-15/h8-11,15H,3-7,20H2,1-2H3,(H,21,22). The van der Waals surface area contributed by atoms with E-state index in [4.69, 9.17) is 5.73 Å². The van der Waals surface area contributed by atoms with Crippen molar-refractivity contribution in [1.82, 2.24) is 5.32 Å². The van der Waals surface area contributed by atoms with E-state index in [1.165, 1.54) is 29.7 Å². The monoisotopic (exact) mass is 328 g/mol. The molecule has 1 heterocycles. The lowest BCUT2D eigenvalue weighted by molar-refractivity contribution is 0.0940. The largest absolute Gasteiger partial charge is 0.390 e. The number of benzene rings is 1. The lowest BCUT2D eigenvalue weighted by Gasteiger charge is -2.13. The van der Waals surface area contributed by atoms with Crippen LogP contribution in [-0.2, 0) is 6.42 Å². The molecular formula is C19H24N2OS. The molecule has 0 spiro atoms. The fourth-order valence-corrected chi connectivity index (χ4v) is 4.32. The Hall–Kier alpha value is -1.81. The van der Waals surface area contributed by atoms with Crippen LogP contribution in [0.15, 0.2) is 24.3 Å². The topological polar surface area (TPSA) is 55.1 Å². The summed E-state index contributed by atoms with van der Waals surface area (Å²) >= 11 is 1.50. The number of nitrogens with one attached hydrogen (secondary N) is 1. The summed E-state index contributed by atoms with van der Waals surface area (Å²) < 4.78 is 0. The molecule has 3 nitrogen and oxygen atoms in total. The summed E-state index contributed by atoms with van der Waals surface area (Å²) in [4.78, 5) is 13.9. The zero-order valence-electron chi connectivity index (χ0n) is 13.8. The average Bonchev–Trinajstić information content (AvgIpc) is 3.14.